The van der Waals surface area contributed by atoms with E-state index in [2.05, 4.69) is 34.5 Å². The third-order valence-electron chi connectivity index (χ3n) is 5.04. The molecule has 1 N–H and O–H groups in total. The van der Waals surface area contributed by atoms with Crippen LogP contribution in [0.25, 0.3) is 16.7 Å². The summed E-state index contributed by atoms with van der Waals surface area (Å²) in [6, 6.07) is 17.0. The van der Waals surface area contributed by atoms with E-state index in [4.69, 9.17) is 16.3 Å². The monoisotopic (exact) mass is 434 g/mol. The van der Waals surface area contributed by atoms with E-state index in [1.165, 1.54) is 5.56 Å². The first kappa shape index (κ1) is 20.9. The molecule has 0 bridgehead atoms. The van der Waals surface area contributed by atoms with Crippen LogP contribution in [-0.4, -0.2) is 27.3 Å². The van der Waals surface area contributed by atoms with Crippen LogP contribution in [0.5, 0.6) is 5.88 Å². The minimum Gasteiger partial charge on any atom is -0.467 e. The van der Waals surface area contributed by atoms with Crippen molar-refractivity contribution < 1.29 is 9.53 Å². The highest BCUT2D eigenvalue weighted by atomic mass is 35.5. The Morgan fingerprint density at radius 2 is 1.90 bits per heavy atom. The van der Waals surface area contributed by atoms with E-state index in [1.54, 1.807) is 24.3 Å². The van der Waals surface area contributed by atoms with E-state index < -0.39 is 0 Å². The van der Waals surface area contributed by atoms with Gasteiger partial charge in [0.2, 0.25) is 5.88 Å². The molecule has 0 aliphatic carbocycles. The molecule has 2 heterocycles. The minimum absolute atomic E-state index is 0.164. The number of pyridine rings is 1. The van der Waals surface area contributed by atoms with Gasteiger partial charge in [-0.2, -0.15) is 10.1 Å². The van der Waals surface area contributed by atoms with Gasteiger partial charge < -0.3 is 10.1 Å². The number of halogens is 1. The first-order chi connectivity index (χ1) is 14.9. The highest BCUT2D eigenvalue weighted by Gasteiger charge is 2.15. The number of nitrogens with zero attached hydrogens (tertiary/aromatic N) is 3. The molecule has 2 aromatic heterocycles. The molecule has 0 saturated carbocycles. The van der Waals surface area contributed by atoms with Crippen LogP contribution in [-0.2, 0) is 11.2 Å². The quantitative estimate of drug-likeness (QED) is 0.448. The molecule has 2 aromatic carbocycles. The Hall–Kier alpha value is -3.38. The number of hydrogen-bond acceptors (Lipinski definition) is 4. The van der Waals surface area contributed by atoms with Crippen LogP contribution in [0, 0.1) is 13.8 Å². The molecule has 0 radical (unpaired) electrons. The second-order valence-corrected chi connectivity index (χ2v) is 7.78. The van der Waals surface area contributed by atoms with Gasteiger partial charge in [-0.1, -0.05) is 36.7 Å². The smallest absolute Gasteiger partial charge is 0.262 e. The van der Waals surface area contributed by atoms with Crippen molar-refractivity contribution in [1.82, 2.24) is 14.8 Å². The second-order valence-electron chi connectivity index (χ2n) is 7.34. The molecular formula is C24H23ClN4O2. The third-order valence-corrected chi connectivity index (χ3v) is 5.27. The number of hydrogen-bond donors (Lipinski definition) is 1. The number of aryl methyl sites for hydroxylation is 3. The SMILES string of the molecule is CCc1ccc(-n2nc(C)c3c(C)cc(OCC(=O)Nc4cccc(Cl)c4)nc32)cc1. The van der Waals surface area contributed by atoms with E-state index in [1.807, 2.05) is 36.7 Å². The average molecular weight is 435 g/mol. The van der Waals surface area contributed by atoms with Gasteiger partial charge in [-0.3, -0.25) is 4.79 Å². The first-order valence-corrected chi connectivity index (χ1v) is 10.5. The highest BCUT2D eigenvalue weighted by molar-refractivity contribution is 6.30. The molecule has 4 rings (SSSR count). The molecule has 6 nitrogen and oxygen atoms in total. The zero-order valence-electron chi connectivity index (χ0n) is 17.6. The van der Waals surface area contributed by atoms with Gasteiger partial charge in [0, 0.05) is 22.2 Å². The summed E-state index contributed by atoms with van der Waals surface area (Å²) in [5, 5.41) is 8.98. The van der Waals surface area contributed by atoms with Crippen molar-refractivity contribution in [3.63, 3.8) is 0 Å². The van der Waals surface area contributed by atoms with Gasteiger partial charge in [0.25, 0.3) is 5.91 Å². The lowest BCUT2D eigenvalue weighted by molar-refractivity contribution is -0.118. The van der Waals surface area contributed by atoms with E-state index >= 15 is 0 Å². The fraction of sp³-hybridized carbons (Fsp3) is 0.208. The molecule has 0 saturated heterocycles. The summed E-state index contributed by atoms with van der Waals surface area (Å²) in [5.41, 5.74) is 5.39. The molecule has 0 unspecified atom stereocenters. The van der Waals surface area contributed by atoms with E-state index in [9.17, 15) is 4.79 Å². The molecule has 31 heavy (non-hydrogen) atoms. The molecule has 0 spiro atoms. The molecule has 4 aromatic rings. The van der Waals surface area contributed by atoms with E-state index in [0.717, 1.165) is 28.8 Å². The molecular weight excluding hydrogens is 412 g/mol. The van der Waals surface area contributed by atoms with E-state index in [0.29, 0.717) is 22.2 Å². The van der Waals surface area contributed by atoms with Gasteiger partial charge in [0.05, 0.1) is 11.4 Å². The average Bonchev–Trinajstić information content (AvgIpc) is 3.09. The summed E-state index contributed by atoms with van der Waals surface area (Å²) in [6.45, 7) is 5.91. The van der Waals surface area contributed by atoms with Crippen molar-refractivity contribution in [3.8, 4) is 11.6 Å². The minimum atomic E-state index is -0.290. The third kappa shape index (κ3) is 4.54. The number of benzene rings is 2. The molecule has 0 aliphatic heterocycles. The number of aromatic nitrogens is 3. The number of ether oxygens (including phenoxy) is 1. The van der Waals surface area contributed by atoms with Crippen molar-refractivity contribution in [2.75, 3.05) is 11.9 Å². The zero-order valence-corrected chi connectivity index (χ0v) is 18.4. The Morgan fingerprint density at radius 1 is 1.13 bits per heavy atom. The summed E-state index contributed by atoms with van der Waals surface area (Å²) < 4.78 is 7.51. The van der Waals surface area contributed by atoms with Crippen molar-refractivity contribution in [3.05, 3.63) is 76.4 Å². The number of carbonyl (C=O) groups is 1. The second kappa shape index (κ2) is 8.78. The van der Waals surface area contributed by atoms with Crippen LogP contribution in [0.1, 0.15) is 23.7 Å². The summed E-state index contributed by atoms with van der Waals surface area (Å²) >= 11 is 5.96. The van der Waals surface area contributed by atoms with Crippen molar-refractivity contribution in [1.29, 1.82) is 0 Å². The molecule has 0 fully saturated rings. The van der Waals surface area contributed by atoms with Crippen LogP contribution in [0.15, 0.2) is 54.6 Å². The number of carbonyl (C=O) groups excluding carboxylic acids is 1. The molecule has 7 heteroatoms. The lowest BCUT2D eigenvalue weighted by Crippen LogP contribution is -2.20. The van der Waals surface area contributed by atoms with Gasteiger partial charge in [0.1, 0.15) is 0 Å². The van der Waals surface area contributed by atoms with Crippen molar-refractivity contribution in [2.45, 2.75) is 27.2 Å². The van der Waals surface area contributed by atoms with Gasteiger partial charge in [-0.05, 0) is 61.7 Å². The Labute approximate surface area is 185 Å². The number of amides is 1. The predicted molar refractivity (Wildman–Crippen MR) is 123 cm³/mol. The van der Waals surface area contributed by atoms with Gasteiger partial charge in [-0.15, -0.1) is 0 Å². The maximum atomic E-state index is 12.3. The molecule has 1 amide bonds. The summed E-state index contributed by atoms with van der Waals surface area (Å²) in [7, 11) is 0. The summed E-state index contributed by atoms with van der Waals surface area (Å²) in [6.07, 6.45) is 0.978. The fourth-order valence-electron chi connectivity index (χ4n) is 3.50. The lowest BCUT2D eigenvalue weighted by atomic mass is 10.1. The zero-order chi connectivity index (χ0) is 22.0. The molecule has 0 atom stereocenters. The van der Waals surface area contributed by atoms with Gasteiger partial charge >= 0.3 is 0 Å². The number of nitrogens with one attached hydrogen (secondary N) is 1. The number of rotatable bonds is 6. The summed E-state index contributed by atoms with van der Waals surface area (Å²) in [5.74, 6) is 0.0826. The van der Waals surface area contributed by atoms with Gasteiger partial charge in [-0.25, -0.2) is 4.68 Å². The fourth-order valence-corrected chi connectivity index (χ4v) is 3.69. The number of fused-ring (bicyclic) bond motifs is 1. The van der Waals surface area contributed by atoms with Crippen LogP contribution < -0.4 is 10.1 Å². The number of anilines is 1. The summed E-state index contributed by atoms with van der Waals surface area (Å²) in [4.78, 5) is 16.9. The van der Waals surface area contributed by atoms with Gasteiger partial charge in [0.15, 0.2) is 12.3 Å². The van der Waals surface area contributed by atoms with Crippen LogP contribution in [0.4, 0.5) is 5.69 Å². The Kier molecular flexibility index (Phi) is 5.91. The van der Waals surface area contributed by atoms with Crippen molar-refractivity contribution in [2.24, 2.45) is 0 Å². The topological polar surface area (TPSA) is 69.0 Å². The highest BCUT2D eigenvalue weighted by Crippen LogP contribution is 2.27. The Bertz CT molecular complexity index is 1250. The van der Waals surface area contributed by atoms with Crippen molar-refractivity contribution >= 4 is 34.2 Å². The predicted octanol–water partition coefficient (Wildman–Crippen LogP) is 5.27. The van der Waals surface area contributed by atoms with Crippen LogP contribution >= 0.6 is 11.6 Å². The molecule has 0 aliphatic rings. The maximum Gasteiger partial charge on any atom is 0.262 e. The standard InChI is InChI=1S/C24H23ClN4O2/c1-4-17-8-10-20(11-9-17)29-24-23(16(3)28-29)15(2)12-22(27-24)31-14-21(30)26-19-7-5-6-18(25)13-19/h5-13H,4,14H2,1-3H3,(H,26,30). The van der Waals surface area contributed by atoms with Crippen LogP contribution in [0.2, 0.25) is 5.02 Å². The maximum absolute atomic E-state index is 12.3. The normalized spacial score (nSPS) is 11.0. The Balaban J connectivity index is 1.58. The molecule has 158 valence electrons. The Morgan fingerprint density at radius 3 is 2.61 bits per heavy atom. The first-order valence-electron chi connectivity index (χ1n) is 10.1. The lowest BCUT2D eigenvalue weighted by Gasteiger charge is -2.09. The largest absolute Gasteiger partial charge is 0.467 e. The van der Waals surface area contributed by atoms with E-state index in [-0.39, 0.29) is 12.5 Å². The van der Waals surface area contributed by atoms with Crippen LogP contribution in [0.3, 0.4) is 0 Å².